The Hall–Kier alpha value is -0.670. The minimum Gasteiger partial charge on any atom is -0.481 e. The molecular formula is C7H8F2O2. The fraction of sp³-hybridized carbons (Fsp3) is 0.857. The number of hydrogen-bond acceptors (Lipinski definition) is 1. The Bertz CT molecular complexity index is 218. The molecule has 1 N–H and O–H groups in total. The molecule has 2 aliphatic rings. The lowest BCUT2D eigenvalue weighted by Crippen LogP contribution is -2.28. The molecule has 2 fully saturated rings. The highest BCUT2D eigenvalue weighted by atomic mass is 19.2. The Morgan fingerprint density at radius 1 is 1.64 bits per heavy atom. The first-order chi connectivity index (χ1) is 5.05. The third kappa shape index (κ3) is 0.723. The number of rotatable bonds is 1. The fourth-order valence-corrected chi connectivity index (χ4v) is 1.92. The van der Waals surface area contributed by atoms with E-state index in [1.165, 1.54) is 0 Å². The summed E-state index contributed by atoms with van der Waals surface area (Å²) in [4.78, 5) is 10.3. The molecule has 0 aromatic rings. The van der Waals surface area contributed by atoms with Crippen molar-refractivity contribution in [2.45, 2.75) is 24.7 Å². The van der Waals surface area contributed by atoms with Crippen LogP contribution in [0.2, 0.25) is 0 Å². The van der Waals surface area contributed by atoms with Crippen molar-refractivity contribution in [2.24, 2.45) is 11.8 Å². The lowest BCUT2D eigenvalue weighted by molar-refractivity contribution is -0.144. The van der Waals surface area contributed by atoms with E-state index in [4.69, 9.17) is 5.11 Å². The van der Waals surface area contributed by atoms with Crippen LogP contribution in [0, 0.1) is 11.8 Å². The van der Waals surface area contributed by atoms with Gasteiger partial charge in [-0.3, -0.25) is 4.79 Å². The maximum absolute atomic E-state index is 13.1. The van der Waals surface area contributed by atoms with Gasteiger partial charge in [0.1, 0.15) is 11.8 Å². The van der Waals surface area contributed by atoms with Gasteiger partial charge in [-0.15, -0.1) is 0 Å². The number of aliphatic carboxylic acids is 1. The average Bonchev–Trinajstić information content (AvgIpc) is 2.50. The SMILES string of the molecule is O=C(O)C1CC2CC2(F)C1F. The van der Waals surface area contributed by atoms with E-state index in [2.05, 4.69) is 0 Å². The van der Waals surface area contributed by atoms with Crippen LogP contribution >= 0.6 is 0 Å². The molecule has 62 valence electrons. The van der Waals surface area contributed by atoms with E-state index in [0.717, 1.165) is 0 Å². The molecule has 2 nitrogen and oxygen atoms in total. The van der Waals surface area contributed by atoms with Crippen LogP contribution in [0.15, 0.2) is 0 Å². The molecule has 2 rings (SSSR count). The standard InChI is InChI=1S/C7H8F2O2/c8-5-4(6(10)11)1-3-2-7(3,5)9/h3-5H,1-2H2,(H,10,11). The average molecular weight is 162 g/mol. The number of alkyl halides is 2. The molecule has 4 heteroatoms. The second-order valence-electron chi connectivity index (χ2n) is 3.41. The molecule has 0 spiro atoms. The Morgan fingerprint density at radius 2 is 2.27 bits per heavy atom. The fourth-order valence-electron chi connectivity index (χ4n) is 1.92. The summed E-state index contributed by atoms with van der Waals surface area (Å²) in [6.45, 7) is 0. The van der Waals surface area contributed by atoms with E-state index in [-0.39, 0.29) is 18.8 Å². The summed E-state index contributed by atoms with van der Waals surface area (Å²) in [5, 5.41) is 8.43. The number of carbonyl (C=O) groups is 1. The van der Waals surface area contributed by atoms with Crippen LogP contribution in [0.4, 0.5) is 8.78 Å². The smallest absolute Gasteiger partial charge is 0.309 e. The van der Waals surface area contributed by atoms with E-state index in [1.807, 2.05) is 0 Å². The van der Waals surface area contributed by atoms with E-state index in [1.54, 1.807) is 0 Å². The highest BCUT2D eigenvalue weighted by Crippen LogP contribution is 2.62. The number of hydrogen-bond donors (Lipinski definition) is 1. The van der Waals surface area contributed by atoms with Crippen molar-refractivity contribution in [3.63, 3.8) is 0 Å². The first kappa shape index (κ1) is 7.00. The molecule has 0 bridgehead atoms. The predicted molar refractivity (Wildman–Crippen MR) is 32.6 cm³/mol. The molecule has 0 radical (unpaired) electrons. The number of carboxylic acid groups (broad SMARTS) is 1. The summed E-state index contributed by atoms with van der Waals surface area (Å²) in [5.41, 5.74) is -1.77. The molecule has 0 heterocycles. The minimum atomic E-state index is -1.77. The number of halogens is 2. The number of carboxylic acids is 1. The Kier molecular flexibility index (Phi) is 1.10. The van der Waals surface area contributed by atoms with Gasteiger partial charge < -0.3 is 5.11 Å². The van der Waals surface area contributed by atoms with Gasteiger partial charge in [-0.05, 0) is 18.8 Å². The van der Waals surface area contributed by atoms with E-state index in [0.29, 0.717) is 0 Å². The molecule has 2 saturated carbocycles. The van der Waals surface area contributed by atoms with Crippen molar-refractivity contribution in [1.29, 1.82) is 0 Å². The van der Waals surface area contributed by atoms with E-state index in [9.17, 15) is 13.6 Å². The van der Waals surface area contributed by atoms with Crippen LogP contribution in [0.25, 0.3) is 0 Å². The zero-order valence-corrected chi connectivity index (χ0v) is 5.76. The molecule has 2 aliphatic carbocycles. The lowest BCUT2D eigenvalue weighted by atomic mass is 10.0. The second-order valence-corrected chi connectivity index (χ2v) is 3.41. The highest BCUT2D eigenvalue weighted by Gasteiger charge is 2.70. The molecule has 0 amide bonds. The Morgan fingerprint density at radius 3 is 2.55 bits per heavy atom. The van der Waals surface area contributed by atoms with E-state index >= 15 is 0 Å². The minimum absolute atomic E-state index is 0.174. The molecule has 0 saturated heterocycles. The predicted octanol–water partition coefficient (Wildman–Crippen LogP) is 1.16. The van der Waals surface area contributed by atoms with Crippen LogP contribution in [-0.2, 0) is 4.79 Å². The van der Waals surface area contributed by atoms with Gasteiger partial charge in [0.25, 0.3) is 0 Å². The summed E-state index contributed by atoms with van der Waals surface area (Å²) in [6.07, 6.45) is -1.38. The van der Waals surface area contributed by atoms with Crippen molar-refractivity contribution in [1.82, 2.24) is 0 Å². The zero-order chi connectivity index (χ0) is 8.22. The largest absolute Gasteiger partial charge is 0.481 e. The molecule has 4 unspecified atom stereocenters. The molecule has 0 aliphatic heterocycles. The topological polar surface area (TPSA) is 37.3 Å². The molecule has 11 heavy (non-hydrogen) atoms. The van der Waals surface area contributed by atoms with Gasteiger partial charge in [0, 0.05) is 0 Å². The first-order valence-corrected chi connectivity index (χ1v) is 3.61. The summed E-state index contributed by atoms with van der Waals surface area (Å²) in [7, 11) is 0. The normalized spacial score (nSPS) is 53.8. The third-order valence-electron chi connectivity index (χ3n) is 2.75. The molecule has 0 aromatic heterocycles. The van der Waals surface area contributed by atoms with Crippen molar-refractivity contribution >= 4 is 5.97 Å². The van der Waals surface area contributed by atoms with Gasteiger partial charge in [0.05, 0.1) is 5.92 Å². The maximum Gasteiger partial charge on any atom is 0.309 e. The van der Waals surface area contributed by atoms with Crippen LogP contribution in [0.5, 0.6) is 0 Å². The van der Waals surface area contributed by atoms with Gasteiger partial charge in [-0.1, -0.05) is 0 Å². The third-order valence-corrected chi connectivity index (χ3v) is 2.75. The van der Waals surface area contributed by atoms with Crippen molar-refractivity contribution in [3.8, 4) is 0 Å². The van der Waals surface area contributed by atoms with Gasteiger partial charge in [0.2, 0.25) is 0 Å². The Balaban J connectivity index is 2.15. The first-order valence-electron chi connectivity index (χ1n) is 3.61. The van der Waals surface area contributed by atoms with Gasteiger partial charge in [-0.25, -0.2) is 8.78 Å². The van der Waals surface area contributed by atoms with Crippen LogP contribution in [0.1, 0.15) is 12.8 Å². The quantitative estimate of drug-likeness (QED) is 0.628. The molecule has 4 atom stereocenters. The number of fused-ring (bicyclic) bond motifs is 1. The second kappa shape index (κ2) is 1.73. The lowest BCUT2D eigenvalue weighted by Gasteiger charge is -2.11. The van der Waals surface area contributed by atoms with Crippen molar-refractivity contribution < 1.29 is 18.7 Å². The van der Waals surface area contributed by atoms with Gasteiger partial charge in [-0.2, -0.15) is 0 Å². The van der Waals surface area contributed by atoms with Crippen LogP contribution < -0.4 is 0 Å². The van der Waals surface area contributed by atoms with Crippen molar-refractivity contribution in [3.05, 3.63) is 0 Å². The van der Waals surface area contributed by atoms with Gasteiger partial charge in [0.15, 0.2) is 0 Å². The summed E-state index contributed by atoms with van der Waals surface area (Å²) in [5.74, 6) is -2.63. The van der Waals surface area contributed by atoms with E-state index < -0.39 is 23.7 Å². The zero-order valence-electron chi connectivity index (χ0n) is 5.76. The van der Waals surface area contributed by atoms with Crippen LogP contribution in [-0.4, -0.2) is 22.9 Å². The molecule has 0 aromatic carbocycles. The summed E-state index contributed by atoms with van der Waals surface area (Å²) >= 11 is 0. The van der Waals surface area contributed by atoms with Crippen LogP contribution in [0.3, 0.4) is 0 Å². The highest BCUT2D eigenvalue weighted by molar-refractivity contribution is 5.72. The summed E-state index contributed by atoms with van der Waals surface area (Å²) in [6, 6.07) is 0. The Labute approximate surface area is 62.2 Å². The monoisotopic (exact) mass is 162 g/mol. The summed E-state index contributed by atoms with van der Waals surface area (Å²) < 4.78 is 26.0. The van der Waals surface area contributed by atoms with Gasteiger partial charge >= 0.3 is 5.97 Å². The maximum atomic E-state index is 13.1. The van der Waals surface area contributed by atoms with Crippen molar-refractivity contribution in [2.75, 3.05) is 0 Å². The molecular weight excluding hydrogens is 154 g/mol.